The van der Waals surface area contributed by atoms with Gasteiger partial charge in [-0.3, -0.25) is 0 Å². The number of hydrogen-bond acceptors (Lipinski definition) is 9. The Bertz CT molecular complexity index is 6230. The number of fused-ring (bicyclic) bond motifs is 9. The van der Waals surface area contributed by atoms with Crippen LogP contribution in [0.1, 0.15) is 0 Å². The predicted octanol–water partition coefficient (Wildman–Crippen LogP) is 27.2. The molecule has 19 rings (SSSR count). The molecule has 0 radical (unpaired) electrons. The van der Waals surface area contributed by atoms with E-state index < -0.39 is 0 Å². The molecule has 6 nitrogen and oxygen atoms in total. The molecule has 0 N–H and O–H groups in total. The van der Waals surface area contributed by atoms with Crippen molar-refractivity contribution in [2.24, 2.45) is 0 Å². The first-order chi connectivity index (χ1) is 50.2. The standard InChI is InChI=1S/C34H21ClN2S.2C28H17ClN2S/c35-34-36-32(31-29-13-7-8-14-30(29)38-33(31)37-34)25-17-15-24(16-18-25)28-20-26(22-9-3-1-4-10-22)19-27(21-28)23-11-5-2-6-12-23;29-28-30-26(25-23-14-4-5-15-24(23)32-27(25)31-28)22-13-7-12-21(17-22)20-11-6-10-19(16-20)18-8-2-1-3-9-18;29-28-30-26(25-23-11-4-5-12-24(23)32-27(25)31-28)22-10-6-9-21(17-22)20-15-13-19(14-16-20)18-7-2-1-3-8-18/h1-21H;2*1-17H. The third-order valence-electron chi connectivity index (χ3n) is 18.2. The van der Waals surface area contributed by atoms with Gasteiger partial charge in [0.1, 0.15) is 14.5 Å². The molecular formula is C90H55Cl3N6S3. The van der Waals surface area contributed by atoms with E-state index in [1.165, 1.54) is 69.7 Å². The van der Waals surface area contributed by atoms with Gasteiger partial charge in [0.15, 0.2) is 0 Å². The van der Waals surface area contributed by atoms with Crippen molar-refractivity contribution in [3.05, 3.63) is 350 Å². The largest absolute Gasteiger partial charge is 0.224 e. The molecule has 0 saturated carbocycles. The first kappa shape index (κ1) is 64.0. The van der Waals surface area contributed by atoms with Gasteiger partial charge in [0, 0.05) is 63.1 Å². The highest BCUT2D eigenvalue weighted by Gasteiger charge is 2.20. The highest BCUT2D eigenvalue weighted by Crippen LogP contribution is 2.44. The van der Waals surface area contributed by atoms with Crippen molar-refractivity contribution in [1.29, 1.82) is 0 Å². The van der Waals surface area contributed by atoms with Crippen molar-refractivity contribution < 1.29 is 0 Å². The van der Waals surface area contributed by atoms with E-state index in [0.29, 0.717) is 0 Å². The zero-order valence-electron chi connectivity index (χ0n) is 54.3. The molecule has 0 unspecified atom stereocenters. The van der Waals surface area contributed by atoms with E-state index in [-0.39, 0.29) is 15.9 Å². The van der Waals surface area contributed by atoms with E-state index in [4.69, 9.17) is 34.8 Å². The second-order valence-corrected chi connectivity index (χ2v) is 28.6. The van der Waals surface area contributed by atoms with E-state index in [0.717, 1.165) is 103 Å². The molecule has 0 amide bonds. The van der Waals surface area contributed by atoms with Crippen LogP contribution in [0.2, 0.25) is 15.9 Å². The molecule has 12 heteroatoms. The third kappa shape index (κ3) is 13.1. The van der Waals surface area contributed by atoms with Crippen LogP contribution in [-0.4, -0.2) is 29.9 Å². The third-order valence-corrected chi connectivity index (χ3v) is 21.9. The summed E-state index contributed by atoms with van der Waals surface area (Å²) in [6, 6.07) is 117. The zero-order valence-corrected chi connectivity index (χ0v) is 59.0. The van der Waals surface area contributed by atoms with Crippen LogP contribution >= 0.6 is 68.8 Å². The van der Waals surface area contributed by atoms with E-state index >= 15 is 0 Å². The molecule has 0 saturated heterocycles. The predicted molar refractivity (Wildman–Crippen MR) is 434 cm³/mol. The molecule has 19 aromatic rings. The van der Waals surface area contributed by atoms with Gasteiger partial charge < -0.3 is 0 Å². The van der Waals surface area contributed by atoms with Crippen LogP contribution in [0.25, 0.3) is 173 Å². The number of hydrogen-bond donors (Lipinski definition) is 0. The Morgan fingerprint density at radius 1 is 0.176 bits per heavy atom. The number of halogens is 3. The molecule has 6 aromatic heterocycles. The maximum Gasteiger partial charge on any atom is 0.224 e. The molecular weight excluding hydrogens is 1370 g/mol. The molecule has 0 bridgehead atoms. The van der Waals surface area contributed by atoms with Crippen LogP contribution in [0, 0.1) is 0 Å². The quantitative estimate of drug-likeness (QED) is 0.127. The van der Waals surface area contributed by atoms with Gasteiger partial charge in [0.2, 0.25) is 15.9 Å². The van der Waals surface area contributed by atoms with Crippen molar-refractivity contribution in [3.63, 3.8) is 0 Å². The Morgan fingerprint density at radius 2 is 0.392 bits per heavy atom. The van der Waals surface area contributed by atoms with Gasteiger partial charge in [0.05, 0.1) is 17.1 Å². The van der Waals surface area contributed by atoms with Crippen LogP contribution in [0.3, 0.4) is 0 Å². The summed E-state index contributed by atoms with van der Waals surface area (Å²) in [4.78, 5) is 30.2. The molecule has 6 heterocycles. The molecule has 0 spiro atoms. The first-order valence-electron chi connectivity index (χ1n) is 33.2. The minimum absolute atomic E-state index is 0.270. The lowest BCUT2D eigenvalue weighted by Gasteiger charge is -2.12. The van der Waals surface area contributed by atoms with Crippen molar-refractivity contribution in [2.45, 2.75) is 0 Å². The smallest absolute Gasteiger partial charge is 0.217 e. The summed E-state index contributed by atoms with van der Waals surface area (Å²) >= 11 is 24.0. The fourth-order valence-electron chi connectivity index (χ4n) is 13.3. The van der Waals surface area contributed by atoms with Crippen molar-refractivity contribution in [3.8, 4) is 112 Å². The lowest BCUT2D eigenvalue weighted by atomic mass is 9.93. The molecule has 102 heavy (non-hydrogen) atoms. The van der Waals surface area contributed by atoms with E-state index in [2.05, 4.69) is 339 Å². The molecule has 0 aliphatic carbocycles. The average molecular weight is 1420 g/mol. The number of thiophene rings is 3. The van der Waals surface area contributed by atoms with Crippen LogP contribution in [-0.2, 0) is 0 Å². The summed E-state index contributed by atoms with van der Waals surface area (Å²) < 4.78 is 3.56. The Hall–Kier alpha value is -11.4. The Balaban J connectivity index is 0.000000114. The molecule has 0 aliphatic heterocycles. The van der Waals surface area contributed by atoms with Gasteiger partial charge in [-0.05, 0) is 167 Å². The number of rotatable bonds is 10. The van der Waals surface area contributed by atoms with Gasteiger partial charge in [0.25, 0.3) is 0 Å². The SMILES string of the molecule is Clc1nc(-c2ccc(-c3cc(-c4ccccc4)cc(-c4ccccc4)c3)cc2)c2c(n1)sc1ccccc12.Clc1nc(-c2cccc(-c3ccc(-c4ccccc4)cc3)c2)c2c(n1)sc1ccccc12.Clc1nc(-c2cccc(-c3cccc(-c4ccccc4)c3)c2)c2c(n1)sc1ccccc12. The summed E-state index contributed by atoms with van der Waals surface area (Å²) in [5.74, 6) is 0. The second-order valence-electron chi connectivity index (χ2n) is 24.5. The fraction of sp³-hybridized carbons (Fsp3) is 0. The summed E-state index contributed by atoms with van der Waals surface area (Å²) in [6.07, 6.45) is 0. The summed E-state index contributed by atoms with van der Waals surface area (Å²) in [6.45, 7) is 0. The van der Waals surface area contributed by atoms with E-state index in [9.17, 15) is 0 Å². The average Bonchev–Trinajstić information content (AvgIpc) is 1.58. The highest BCUT2D eigenvalue weighted by molar-refractivity contribution is 7.26. The summed E-state index contributed by atoms with van der Waals surface area (Å²) in [5, 5.41) is 7.48. The lowest BCUT2D eigenvalue weighted by Crippen LogP contribution is -1.90. The van der Waals surface area contributed by atoms with Gasteiger partial charge in [-0.15, -0.1) is 34.0 Å². The Kier molecular flexibility index (Phi) is 17.8. The lowest BCUT2D eigenvalue weighted by molar-refractivity contribution is 1.24. The number of benzene rings is 13. The summed E-state index contributed by atoms with van der Waals surface area (Å²) in [7, 11) is 0. The molecule has 0 atom stereocenters. The van der Waals surface area contributed by atoms with E-state index in [1.807, 2.05) is 24.3 Å². The molecule has 13 aromatic carbocycles. The van der Waals surface area contributed by atoms with E-state index in [1.54, 1.807) is 34.0 Å². The summed E-state index contributed by atoms with van der Waals surface area (Å²) in [5.41, 5.74) is 22.3. The van der Waals surface area contributed by atoms with Crippen LogP contribution in [0.15, 0.2) is 334 Å². The Morgan fingerprint density at radius 3 is 0.745 bits per heavy atom. The highest BCUT2D eigenvalue weighted by atomic mass is 35.5. The Labute approximate surface area is 615 Å². The minimum atomic E-state index is 0.270. The van der Waals surface area contributed by atoms with Crippen molar-refractivity contribution in [1.82, 2.24) is 29.9 Å². The normalized spacial score (nSPS) is 11.3. The minimum Gasteiger partial charge on any atom is -0.217 e. The maximum atomic E-state index is 6.36. The number of nitrogens with zero attached hydrogens (tertiary/aromatic N) is 6. The van der Waals surface area contributed by atoms with Crippen molar-refractivity contribution in [2.75, 3.05) is 0 Å². The first-order valence-corrected chi connectivity index (χ1v) is 36.8. The topological polar surface area (TPSA) is 77.3 Å². The zero-order chi connectivity index (χ0) is 68.5. The van der Waals surface area contributed by atoms with Gasteiger partial charge in [-0.2, -0.15) is 0 Å². The molecule has 484 valence electrons. The molecule has 0 fully saturated rings. The fourth-order valence-corrected chi connectivity index (χ4v) is 17.2. The van der Waals surface area contributed by atoms with Crippen LogP contribution in [0.4, 0.5) is 0 Å². The van der Waals surface area contributed by atoms with Crippen LogP contribution < -0.4 is 0 Å². The van der Waals surface area contributed by atoms with Gasteiger partial charge >= 0.3 is 0 Å². The maximum absolute atomic E-state index is 6.36. The van der Waals surface area contributed by atoms with Crippen LogP contribution in [0.5, 0.6) is 0 Å². The number of aromatic nitrogens is 6. The second kappa shape index (κ2) is 28.3. The van der Waals surface area contributed by atoms with Gasteiger partial charge in [-0.25, -0.2) is 29.9 Å². The van der Waals surface area contributed by atoms with Crippen molar-refractivity contribution >= 4 is 130 Å². The van der Waals surface area contributed by atoms with Gasteiger partial charge in [-0.1, -0.05) is 279 Å². The molecule has 0 aliphatic rings. The monoisotopic (exact) mass is 1420 g/mol.